The highest BCUT2D eigenvalue weighted by molar-refractivity contribution is 6.18. The summed E-state index contributed by atoms with van der Waals surface area (Å²) < 4.78 is 5.28. The Hall–Kier alpha value is -0.890. The van der Waals surface area contributed by atoms with E-state index in [0.717, 1.165) is 17.9 Å². The van der Waals surface area contributed by atoms with E-state index in [1.165, 1.54) is 11.3 Å². The molecule has 0 atom stereocenters. The predicted molar refractivity (Wildman–Crippen MR) is 66.5 cm³/mol. The Bertz CT molecular complexity index is 339. The Morgan fingerprint density at radius 1 is 1.27 bits per heavy atom. The van der Waals surface area contributed by atoms with Crippen LogP contribution < -0.4 is 9.64 Å². The van der Waals surface area contributed by atoms with Gasteiger partial charge in [0.15, 0.2) is 0 Å². The number of halogens is 1. The van der Waals surface area contributed by atoms with Crippen LogP contribution in [0.25, 0.3) is 0 Å². The van der Waals surface area contributed by atoms with Gasteiger partial charge in [0.2, 0.25) is 0 Å². The van der Waals surface area contributed by atoms with Gasteiger partial charge in [0.05, 0.1) is 7.11 Å². The quantitative estimate of drug-likeness (QED) is 0.734. The minimum absolute atomic E-state index is 0.640. The van der Waals surface area contributed by atoms with Gasteiger partial charge in [-0.2, -0.15) is 0 Å². The first-order chi connectivity index (χ1) is 7.10. The first-order valence-electron chi connectivity index (χ1n) is 5.02. The lowest BCUT2D eigenvalue weighted by atomic mass is 10.1. The molecule has 1 aromatic rings. The van der Waals surface area contributed by atoms with Crippen molar-refractivity contribution in [2.75, 3.05) is 31.5 Å². The molecule has 0 radical (unpaired) electrons. The molecular formula is C12H18ClNO. The lowest BCUT2D eigenvalue weighted by Crippen LogP contribution is -2.20. The highest BCUT2D eigenvalue weighted by atomic mass is 35.5. The Morgan fingerprint density at radius 2 is 1.93 bits per heavy atom. The van der Waals surface area contributed by atoms with Crippen LogP contribution in [0.1, 0.15) is 11.1 Å². The largest absolute Gasteiger partial charge is 0.496 e. The molecule has 0 saturated heterocycles. The van der Waals surface area contributed by atoms with Crippen LogP contribution in [0.15, 0.2) is 12.1 Å². The average molecular weight is 228 g/mol. The summed E-state index contributed by atoms with van der Waals surface area (Å²) in [6, 6.07) is 4.20. The molecule has 0 N–H and O–H groups in total. The van der Waals surface area contributed by atoms with Crippen LogP contribution in [0.4, 0.5) is 5.69 Å². The smallest absolute Gasteiger partial charge is 0.122 e. The first kappa shape index (κ1) is 12.2. The second-order valence-corrected chi connectivity index (χ2v) is 4.10. The van der Waals surface area contributed by atoms with E-state index in [1.54, 1.807) is 7.11 Å². The van der Waals surface area contributed by atoms with E-state index in [2.05, 4.69) is 37.9 Å². The number of methoxy groups -OCH3 is 1. The molecule has 1 rings (SSSR count). The predicted octanol–water partition coefficient (Wildman–Crippen LogP) is 2.99. The van der Waals surface area contributed by atoms with Crippen LogP contribution in [0.5, 0.6) is 5.75 Å². The lowest BCUT2D eigenvalue weighted by Gasteiger charge is -2.21. The molecule has 3 heteroatoms. The number of hydrogen-bond donors (Lipinski definition) is 0. The van der Waals surface area contributed by atoms with Crippen molar-refractivity contribution in [2.24, 2.45) is 0 Å². The number of anilines is 1. The van der Waals surface area contributed by atoms with Gasteiger partial charge in [0, 0.05) is 25.2 Å². The molecule has 1 aromatic carbocycles. The molecule has 0 heterocycles. The molecule has 0 saturated carbocycles. The molecule has 84 valence electrons. The van der Waals surface area contributed by atoms with E-state index in [9.17, 15) is 0 Å². The zero-order valence-corrected chi connectivity index (χ0v) is 10.6. The SMILES string of the molecule is COc1cc(C)c(N(C)CCCl)cc1C. The third kappa shape index (κ3) is 2.78. The minimum atomic E-state index is 0.640. The summed E-state index contributed by atoms with van der Waals surface area (Å²) >= 11 is 5.73. The van der Waals surface area contributed by atoms with Crippen molar-refractivity contribution in [2.45, 2.75) is 13.8 Å². The molecule has 0 aromatic heterocycles. The number of rotatable bonds is 4. The number of benzene rings is 1. The fraction of sp³-hybridized carbons (Fsp3) is 0.500. The van der Waals surface area contributed by atoms with E-state index in [4.69, 9.17) is 16.3 Å². The summed E-state index contributed by atoms with van der Waals surface area (Å²) in [5, 5.41) is 0. The molecule has 0 aliphatic carbocycles. The van der Waals surface area contributed by atoms with E-state index >= 15 is 0 Å². The summed E-state index contributed by atoms with van der Waals surface area (Å²) in [4.78, 5) is 2.16. The molecule has 0 aliphatic rings. The van der Waals surface area contributed by atoms with Gasteiger partial charge in [0.25, 0.3) is 0 Å². The third-order valence-corrected chi connectivity index (χ3v) is 2.71. The standard InChI is InChI=1S/C12H18ClNO/c1-9-8-12(15-4)10(2)7-11(9)14(3)6-5-13/h7-8H,5-6H2,1-4H3. The summed E-state index contributed by atoms with van der Waals surface area (Å²) in [5.41, 5.74) is 3.58. The summed E-state index contributed by atoms with van der Waals surface area (Å²) in [5.74, 6) is 1.58. The van der Waals surface area contributed by atoms with Crippen molar-refractivity contribution >= 4 is 17.3 Å². The average Bonchev–Trinajstić information content (AvgIpc) is 2.21. The van der Waals surface area contributed by atoms with Gasteiger partial charge in [-0.25, -0.2) is 0 Å². The van der Waals surface area contributed by atoms with Gasteiger partial charge >= 0.3 is 0 Å². The molecule has 0 fully saturated rings. The van der Waals surface area contributed by atoms with E-state index in [0.29, 0.717) is 5.88 Å². The second-order valence-electron chi connectivity index (χ2n) is 3.72. The monoisotopic (exact) mass is 227 g/mol. The van der Waals surface area contributed by atoms with Gasteiger partial charge in [-0.05, 0) is 37.1 Å². The molecule has 2 nitrogen and oxygen atoms in total. The zero-order valence-electron chi connectivity index (χ0n) is 9.80. The van der Waals surface area contributed by atoms with Gasteiger partial charge in [-0.3, -0.25) is 0 Å². The molecule has 0 amide bonds. The molecule has 0 aliphatic heterocycles. The summed E-state index contributed by atoms with van der Waals surface area (Å²) in [6.45, 7) is 4.99. The maximum Gasteiger partial charge on any atom is 0.122 e. The third-order valence-electron chi connectivity index (χ3n) is 2.54. The van der Waals surface area contributed by atoms with Gasteiger partial charge < -0.3 is 9.64 Å². The Labute approximate surface area is 96.8 Å². The highest BCUT2D eigenvalue weighted by Gasteiger charge is 2.07. The van der Waals surface area contributed by atoms with Gasteiger partial charge in [-0.1, -0.05) is 0 Å². The van der Waals surface area contributed by atoms with Crippen LogP contribution in [-0.2, 0) is 0 Å². The number of nitrogens with zero attached hydrogens (tertiary/aromatic N) is 1. The fourth-order valence-electron chi connectivity index (χ4n) is 1.65. The number of ether oxygens (including phenoxy) is 1. The first-order valence-corrected chi connectivity index (χ1v) is 5.56. The van der Waals surface area contributed by atoms with Crippen LogP contribution in [0.2, 0.25) is 0 Å². The Kier molecular flexibility index (Phi) is 4.28. The minimum Gasteiger partial charge on any atom is -0.496 e. The summed E-state index contributed by atoms with van der Waals surface area (Å²) in [7, 11) is 3.75. The molecular weight excluding hydrogens is 210 g/mol. The van der Waals surface area contributed by atoms with Crippen molar-refractivity contribution in [1.82, 2.24) is 0 Å². The van der Waals surface area contributed by atoms with Crippen LogP contribution in [-0.4, -0.2) is 26.6 Å². The van der Waals surface area contributed by atoms with Crippen molar-refractivity contribution in [3.05, 3.63) is 23.3 Å². The number of hydrogen-bond acceptors (Lipinski definition) is 2. The van der Waals surface area contributed by atoms with Crippen LogP contribution >= 0.6 is 11.6 Å². The Balaban J connectivity index is 3.04. The fourth-order valence-corrected chi connectivity index (χ4v) is 1.91. The number of alkyl halides is 1. The van der Waals surface area contributed by atoms with Crippen LogP contribution in [0, 0.1) is 13.8 Å². The lowest BCUT2D eigenvalue weighted by molar-refractivity contribution is 0.411. The molecule has 0 spiro atoms. The van der Waals surface area contributed by atoms with E-state index in [1.807, 2.05) is 0 Å². The van der Waals surface area contributed by atoms with Crippen LogP contribution in [0.3, 0.4) is 0 Å². The van der Waals surface area contributed by atoms with E-state index in [-0.39, 0.29) is 0 Å². The zero-order chi connectivity index (χ0) is 11.4. The number of aryl methyl sites for hydroxylation is 2. The normalized spacial score (nSPS) is 10.2. The molecule has 15 heavy (non-hydrogen) atoms. The van der Waals surface area contributed by atoms with Gasteiger partial charge in [0.1, 0.15) is 5.75 Å². The Morgan fingerprint density at radius 3 is 2.47 bits per heavy atom. The maximum absolute atomic E-state index is 5.73. The highest BCUT2D eigenvalue weighted by Crippen LogP contribution is 2.27. The van der Waals surface area contributed by atoms with Crippen molar-refractivity contribution in [3.8, 4) is 5.75 Å². The maximum atomic E-state index is 5.73. The molecule has 0 bridgehead atoms. The van der Waals surface area contributed by atoms with E-state index < -0.39 is 0 Å². The van der Waals surface area contributed by atoms with Crippen molar-refractivity contribution < 1.29 is 4.74 Å². The second kappa shape index (κ2) is 5.26. The van der Waals surface area contributed by atoms with Gasteiger partial charge in [-0.15, -0.1) is 11.6 Å². The molecule has 0 unspecified atom stereocenters. The van der Waals surface area contributed by atoms with Crippen molar-refractivity contribution in [3.63, 3.8) is 0 Å². The summed E-state index contributed by atoms with van der Waals surface area (Å²) in [6.07, 6.45) is 0. The topological polar surface area (TPSA) is 12.5 Å². The van der Waals surface area contributed by atoms with Crippen molar-refractivity contribution in [1.29, 1.82) is 0 Å².